The van der Waals surface area contributed by atoms with Crippen LogP contribution in [0.1, 0.15) is 85.3 Å². The molecule has 31 heavy (non-hydrogen) atoms. The summed E-state index contributed by atoms with van der Waals surface area (Å²) in [5.74, 6) is 1.29. The summed E-state index contributed by atoms with van der Waals surface area (Å²) >= 11 is 1.54. The summed E-state index contributed by atoms with van der Waals surface area (Å²) in [4.78, 5) is 19.2. The maximum absolute atomic E-state index is 12.9. The lowest BCUT2D eigenvalue weighted by atomic mass is 10.0. The van der Waals surface area contributed by atoms with Gasteiger partial charge in [-0.2, -0.15) is 0 Å². The number of nitrogens with zero attached hydrogens (tertiary/aromatic N) is 2. The van der Waals surface area contributed by atoms with Crippen molar-refractivity contribution in [3.05, 3.63) is 46.5 Å². The Kier molecular flexibility index (Phi) is 22.1. The number of carbonyl (C=O) groups excluding carboxylic acids is 1. The highest BCUT2D eigenvalue weighted by Crippen LogP contribution is 2.25. The molecule has 0 aliphatic carbocycles. The number of carbonyl (C=O) groups is 1. The van der Waals surface area contributed by atoms with Gasteiger partial charge in [-0.1, -0.05) is 79.2 Å². The highest BCUT2D eigenvalue weighted by Gasteiger charge is 2.17. The Hall–Kier alpha value is -1.59. The number of aliphatic imine (C=N–C) groups is 1. The van der Waals surface area contributed by atoms with Crippen molar-refractivity contribution in [1.29, 1.82) is 0 Å². The van der Waals surface area contributed by atoms with Crippen LogP contribution in [-0.4, -0.2) is 43.7 Å². The third-order valence-corrected chi connectivity index (χ3v) is 5.20. The molecular weight excluding hydrogens is 402 g/mol. The van der Waals surface area contributed by atoms with Gasteiger partial charge in [-0.3, -0.25) is 9.79 Å². The third-order valence-electron chi connectivity index (χ3n) is 4.13. The van der Waals surface area contributed by atoms with Gasteiger partial charge in [-0.15, -0.1) is 11.8 Å². The summed E-state index contributed by atoms with van der Waals surface area (Å²) in [5, 5.41) is 3.30. The predicted octanol–water partition coefficient (Wildman–Crippen LogP) is 6.88. The SMILES string of the molecule is C=N/C=C(\SCc1cccc(C(C)C)c1)C(=O)N(CC)CCCNCC.CC.CCC. The molecule has 0 heterocycles. The van der Waals surface area contributed by atoms with E-state index in [9.17, 15) is 4.79 Å². The van der Waals surface area contributed by atoms with Crippen molar-refractivity contribution in [2.45, 2.75) is 79.9 Å². The van der Waals surface area contributed by atoms with E-state index in [2.05, 4.69) is 75.9 Å². The van der Waals surface area contributed by atoms with Gasteiger partial charge in [0.1, 0.15) is 0 Å². The third kappa shape index (κ3) is 14.9. The van der Waals surface area contributed by atoms with Gasteiger partial charge >= 0.3 is 0 Å². The lowest BCUT2D eigenvalue weighted by molar-refractivity contribution is -0.126. The van der Waals surface area contributed by atoms with Gasteiger partial charge in [0, 0.05) is 25.0 Å². The fourth-order valence-corrected chi connectivity index (χ4v) is 3.47. The molecule has 0 atom stereocenters. The molecule has 0 fully saturated rings. The van der Waals surface area contributed by atoms with E-state index < -0.39 is 0 Å². The zero-order valence-electron chi connectivity index (χ0n) is 21.3. The number of likely N-dealkylation sites (N-methyl/N-ethyl adjacent to an activating group) is 1. The first kappa shape index (κ1) is 31.6. The summed E-state index contributed by atoms with van der Waals surface area (Å²) in [6.07, 6.45) is 3.79. The van der Waals surface area contributed by atoms with Gasteiger partial charge in [0.15, 0.2) is 0 Å². The lowest BCUT2D eigenvalue weighted by Gasteiger charge is -2.22. The molecule has 0 aliphatic heterocycles. The van der Waals surface area contributed by atoms with Gasteiger partial charge < -0.3 is 10.2 Å². The summed E-state index contributed by atoms with van der Waals surface area (Å²) in [6.45, 7) is 23.6. The molecule has 1 amide bonds. The molecule has 0 radical (unpaired) electrons. The van der Waals surface area contributed by atoms with Crippen LogP contribution in [0.2, 0.25) is 0 Å². The van der Waals surface area contributed by atoms with Crippen molar-refractivity contribution in [2.24, 2.45) is 4.99 Å². The highest BCUT2D eigenvalue weighted by molar-refractivity contribution is 8.03. The lowest BCUT2D eigenvalue weighted by Crippen LogP contribution is -2.33. The number of nitrogens with one attached hydrogen (secondary N) is 1. The minimum atomic E-state index is 0.0430. The van der Waals surface area contributed by atoms with Crippen LogP contribution in [0.25, 0.3) is 0 Å². The molecule has 5 heteroatoms. The Morgan fingerprint density at radius 3 is 2.39 bits per heavy atom. The molecule has 0 aromatic heterocycles. The van der Waals surface area contributed by atoms with Crippen molar-refractivity contribution in [3.63, 3.8) is 0 Å². The number of rotatable bonds is 12. The standard InChI is InChI=1S/C21H33N3OS.C3H8.C2H6/c1-6-23-12-9-13-24(7-2)21(25)20(15-22-5)26-16-18-10-8-11-19(14-18)17(3)4;1-3-2;1-2/h8,10-11,14-15,17,23H,5-7,9,12-13,16H2,1-4H3;3H2,1-2H3;1-2H3/b20-15-;;. The zero-order chi connectivity index (χ0) is 24.1. The van der Waals surface area contributed by atoms with E-state index >= 15 is 0 Å². The molecular formula is C26H47N3OS. The van der Waals surface area contributed by atoms with Crippen molar-refractivity contribution < 1.29 is 4.79 Å². The van der Waals surface area contributed by atoms with Crippen LogP contribution in [0.4, 0.5) is 0 Å². The number of hydrogen-bond donors (Lipinski definition) is 1. The molecule has 0 bridgehead atoms. The largest absolute Gasteiger partial charge is 0.338 e. The van der Waals surface area contributed by atoms with Crippen molar-refractivity contribution in [3.8, 4) is 0 Å². The van der Waals surface area contributed by atoms with E-state index in [4.69, 9.17) is 0 Å². The number of amides is 1. The van der Waals surface area contributed by atoms with Crippen LogP contribution in [0, 0.1) is 0 Å². The average Bonchev–Trinajstić information content (AvgIpc) is 2.78. The van der Waals surface area contributed by atoms with Gasteiger partial charge in [0.2, 0.25) is 0 Å². The van der Waals surface area contributed by atoms with E-state index in [0.29, 0.717) is 17.4 Å². The first-order valence-electron chi connectivity index (χ1n) is 11.8. The molecule has 1 rings (SSSR count). The van der Waals surface area contributed by atoms with E-state index in [1.165, 1.54) is 29.3 Å². The summed E-state index contributed by atoms with van der Waals surface area (Å²) in [7, 11) is 0. The fraction of sp³-hybridized carbons (Fsp3) is 0.615. The Morgan fingerprint density at radius 2 is 1.87 bits per heavy atom. The van der Waals surface area contributed by atoms with Crippen LogP contribution < -0.4 is 5.32 Å². The first-order chi connectivity index (χ1) is 14.9. The van der Waals surface area contributed by atoms with Crippen LogP contribution >= 0.6 is 11.8 Å². The highest BCUT2D eigenvalue weighted by atomic mass is 32.2. The number of thioether (sulfide) groups is 1. The fourth-order valence-electron chi connectivity index (χ4n) is 2.57. The summed E-state index contributed by atoms with van der Waals surface area (Å²) < 4.78 is 0. The predicted molar refractivity (Wildman–Crippen MR) is 142 cm³/mol. The van der Waals surface area contributed by atoms with Crippen LogP contribution in [0.3, 0.4) is 0 Å². The molecule has 1 aromatic carbocycles. The molecule has 0 aliphatic rings. The van der Waals surface area contributed by atoms with Gasteiger partial charge in [0.25, 0.3) is 5.91 Å². The molecule has 1 N–H and O–H groups in total. The van der Waals surface area contributed by atoms with E-state index in [1.54, 1.807) is 6.20 Å². The first-order valence-corrected chi connectivity index (χ1v) is 12.8. The molecule has 4 nitrogen and oxygen atoms in total. The topological polar surface area (TPSA) is 44.7 Å². The van der Waals surface area contributed by atoms with E-state index in [0.717, 1.165) is 31.8 Å². The van der Waals surface area contributed by atoms with Crippen LogP contribution in [0.5, 0.6) is 0 Å². The van der Waals surface area contributed by atoms with Crippen molar-refractivity contribution in [1.82, 2.24) is 10.2 Å². The zero-order valence-corrected chi connectivity index (χ0v) is 22.1. The molecule has 0 saturated carbocycles. The Bertz CT molecular complexity index is 614. The average molecular weight is 450 g/mol. The molecule has 0 unspecified atom stereocenters. The summed E-state index contributed by atoms with van der Waals surface area (Å²) in [5.41, 5.74) is 2.54. The molecule has 0 saturated heterocycles. The normalized spacial score (nSPS) is 10.5. The van der Waals surface area contributed by atoms with Crippen molar-refractivity contribution >= 4 is 24.4 Å². The number of benzene rings is 1. The van der Waals surface area contributed by atoms with Gasteiger partial charge in [-0.05, 0) is 50.2 Å². The minimum absolute atomic E-state index is 0.0430. The quantitative estimate of drug-likeness (QED) is 0.215. The smallest absolute Gasteiger partial charge is 0.261 e. The van der Waals surface area contributed by atoms with Gasteiger partial charge in [0.05, 0.1) is 4.91 Å². The van der Waals surface area contributed by atoms with Crippen molar-refractivity contribution in [2.75, 3.05) is 26.2 Å². The molecule has 178 valence electrons. The minimum Gasteiger partial charge on any atom is -0.338 e. The summed E-state index contributed by atoms with van der Waals surface area (Å²) in [6, 6.07) is 8.56. The second kappa shape index (κ2) is 21.6. The molecule has 0 spiro atoms. The monoisotopic (exact) mass is 449 g/mol. The van der Waals surface area contributed by atoms with Crippen LogP contribution in [0.15, 0.2) is 40.4 Å². The number of hydrogen-bond acceptors (Lipinski definition) is 4. The second-order valence-electron chi connectivity index (χ2n) is 7.16. The Morgan fingerprint density at radius 1 is 1.23 bits per heavy atom. The van der Waals surface area contributed by atoms with Crippen LogP contribution in [-0.2, 0) is 10.5 Å². The second-order valence-corrected chi connectivity index (χ2v) is 8.18. The Balaban J connectivity index is 0. The maximum atomic E-state index is 12.9. The van der Waals surface area contributed by atoms with E-state index in [-0.39, 0.29) is 5.91 Å². The Labute approximate surface area is 197 Å². The van der Waals surface area contributed by atoms with Gasteiger partial charge in [-0.25, -0.2) is 0 Å². The maximum Gasteiger partial charge on any atom is 0.261 e. The molecule has 1 aromatic rings. The van der Waals surface area contributed by atoms with E-state index in [1.807, 2.05) is 25.7 Å².